The van der Waals surface area contributed by atoms with Gasteiger partial charge in [0.25, 0.3) is 5.91 Å². The fourth-order valence-electron chi connectivity index (χ4n) is 3.85. The third-order valence-electron chi connectivity index (χ3n) is 5.33. The van der Waals surface area contributed by atoms with Crippen molar-refractivity contribution >= 4 is 11.7 Å². The predicted molar refractivity (Wildman–Crippen MR) is 88.6 cm³/mol. The van der Waals surface area contributed by atoms with Gasteiger partial charge in [0.2, 0.25) is 0 Å². The zero-order valence-electron chi connectivity index (χ0n) is 13.7. The van der Waals surface area contributed by atoms with Crippen LogP contribution in [0, 0.1) is 0 Å². The van der Waals surface area contributed by atoms with Crippen LogP contribution in [0.2, 0.25) is 0 Å². The number of carbonyl (C=O) groups excluding carboxylic acids is 1. The second kappa shape index (κ2) is 6.43. The lowest BCUT2D eigenvalue weighted by Crippen LogP contribution is -2.60. The van der Waals surface area contributed by atoms with Gasteiger partial charge in [-0.1, -0.05) is 6.42 Å². The number of rotatable bonds is 3. The standard InChI is InChI=1S/C17H25N5O/c23-17(21-8-4-5-9-21)15-10-18-11-16(19-15)22-12-14(13-22)20-6-2-1-3-7-20/h10-11,14H,1-9,12-13H2. The Balaban J connectivity index is 1.38. The Hall–Kier alpha value is -1.69. The van der Waals surface area contributed by atoms with Gasteiger partial charge in [-0.25, -0.2) is 4.98 Å². The third kappa shape index (κ3) is 3.04. The van der Waals surface area contributed by atoms with Crippen molar-refractivity contribution < 1.29 is 4.79 Å². The van der Waals surface area contributed by atoms with E-state index in [0.29, 0.717) is 11.7 Å². The van der Waals surface area contributed by atoms with Crippen LogP contribution in [0.5, 0.6) is 0 Å². The van der Waals surface area contributed by atoms with Gasteiger partial charge in [-0.05, 0) is 38.8 Å². The number of aromatic nitrogens is 2. The molecule has 3 saturated heterocycles. The van der Waals surface area contributed by atoms with Gasteiger partial charge >= 0.3 is 0 Å². The molecule has 23 heavy (non-hydrogen) atoms. The highest BCUT2D eigenvalue weighted by atomic mass is 16.2. The van der Waals surface area contributed by atoms with Gasteiger partial charge in [-0.15, -0.1) is 0 Å². The van der Waals surface area contributed by atoms with Crippen LogP contribution in [0.25, 0.3) is 0 Å². The molecule has 0 spiro atoms. The average molecular weight is 315 g/mol. The summed E-state index contributed by atoms with van der Waals surface area (Å²) < 4.78 is 0. The molecule has 1 aromatic rings. The van der Waals surface area contributed by atoms with Crippen LogP contribution >= 0.6 is 0 Å². The summed E-state index contributed by atoms with van der Waals surface area (Å²) in [5.74, 6) is 0.883. The lowest BCUT2D eigenvalue weighted by molar-refractivity contribution is 0.0786. The fraction of sp³-hybridized carbons (Fsp3) is 0.706. The first-order valence-corrected chi connectivity index (χ1v) is 8.91. The number of hydrogen-bond acceptors (Lipinski definition) is 5. The lowest BCUT2D eigenvalue weighted by atomic mass is 10.0. The number of amides is 1. The topological polar surface area (TPSA) is 52.6 Å². The highest BCUT2D eigenvalue weighted by molar-refractivity contribution is 5.92. The molecule has 1 aromatic heterocycles. The van der Waals surface area contributed by atoms with Gasteiger partial charge < -0.3 is 9.80 Å². The summed E-state index contributed by atoms with van der Waals surface area (Å²) >= 11 is 0. The van der Waals surface area contributed by atoms with Crippen LogP contribution in [-0.4, -0.2) is 71.0 Å². The van der Waals surface area contributed by atoms with Crippen LogP contribution < -0.4 is 4.90 Å². The Morgan fingerprint density at radius 1 is 0.957 bits per heavy atom. The molecule has 6 nitrogen and oxygen atoms in total. The van der Waals surface area contributed by atoms with E-state index in [-0.39, 0.29) is 5.91 Å². The van der Waals surface area contributed by atoms with Gasteiger partial charge in [0.05, 0.1) is 12.4 Å². The molecule has 0 unspecified atom stereocenters. The predicted octanol–water partition coefficient (Wildman–Crippen LogP) is 1.39. The molecular weight excluding hydrogens is 290 g/mol. The van der Waals surface area contributed by atoms with Crippen LogP contribution in [0.1, 0.15) is 42.6 Å². The lowest BCUT2D eigenvalue weighted by Gasteiger charge is -2.47. The molecular formula is C17H25N5O. The first-order valence-electron chi connectivity index (χ1n) is 8.91. The van der Waals surface area contributed by atoms with Gasteiger partial charge in [0.1, 0.15) is 11.5 Å². The number of anilines is 1. The van der Waals surface area contributed by atoms with E-state index in [0.717, 1.165) is 44.8 Å². The van der Waals surface area contributed by atoms with Crippen molar-refractivity contribution in [2.45, 2.75) is 38.1 Å². The Labute approximate surface area is 137 Å². The minimum Gasteiger partial charge on any atom is -0.352 e. The fourth-order valence-corrected chi connectivity index (χ4v) is 3.85. The largest absolute Gasteiger partial charge is 0.352 e. The molecule has 0 bridgehead atoms. The smallest absolute Gasteiger partial charge is 0.274 e. The second-order valence-corrected chi connectivity index (χ2v) is 6.92. The third-order valence-corrected chi connectivity index (χ3v) is 5.33. The molecule has 6 heteroatoms. The molecule has 124 valence electrons. The average Bonchev–Trinajstić information content (AvgIpc) is 3.09. The Morgan fingerprint density at radius 2 is 1.65 bits per heavy atom. The summed E-state index contributed by atoms with van der Waals surface area (Å²) in [4.78, 5) is 28.0. The molecule has 0 aromatic carbocycles. The summed E-state index contributed by atoms with van der Waals surface area (Å²) in [6.07, 6.45) is 9.62. The van der Waals surface area contributed by atoms with Crippen molar-refractivity contribution in [3.05, 3.63) is 18.1 Å². The normalized spacial score (nSPS) is 23.1. The number of carbonyl (C=O) groups is 1. The molecule has 0 atom stereocenters. The molecule has 4 heterocycles. The molecule has 0 radical (unpaired) electrons. The first-order chi connectivity index (χ1) is 11.3. The minimum atomic E-state index is 0.0324. The zero-order valence-corrected chi connectivity index (χ0v) is 13.7. The number of hydrogen-bond donors (Lipinski definition) is 0. The van der Waals surface area contributed by atoms with Crippen LogP contribution in [0.15, 0.2) is 12.4 Å². The summed E-state index contributed by atoms with van der Waals surface area (Å²) in [6.45, 7) is 6.19. The molecule has 1 amide bonds. The molecule has 4 rings (SSSR count). The summed E-state index contributed by atoms with van der Waals surface area (Å²) in [5, 5.41) is 0. The van der Waals surface area contributed by atoms with E-state index in [1.165, 1.54) is 32.4 Å². The molecule has 0 saturated carbocycles. The highest BCUT2D eigenvalue weighted by Crippen LogP contribution is 2.24. The van der Waals surface area contributed by atoms with E-state index in [1.807, 2.05) is 4.90 Å². The van der Waals surface area contributed by atoms with Gasteiger partial charge in [-0.3, -0.25) is 14.7 Å². The van der Waals surface area contributed by atoms with Gasteiger partial charge in [0.15, 0.2) is 0 Å². The Kier molecular flexibility index (Phi) is 4.16. The van der Waals surface area contributed by atoms with Crippen LogP contribution in [0.4, 0.5) is 5.82 Å². The van der Waals surface area contributed by atoms with Crippen LogP contribution in [0.3, 0.4) is 0 Å². The zero-order chi connectivity index (χ0) is 15.6. The SMILES string of the molecule is O=C(c1cncc(N2CC(N3CCCCC3)C2)n1)N1CCCC1. The molecule has 3 fully saturated rings. The second-order valence-electron chi connectivity index (χ2n) is 6.92. The summed E-state index contributed by atoms with van der Waals surface area (Å²) in [6, 6.07) is 0.648. The molecule has 3 aliphatic heterocycles. The monoisotopic (exact) mass is 315 g/mol. The summed E-state index contributed by atoms with van der Waals surface area (Å²) in [5.41, 5.74) is 0.492. The maximum Gasteiger partial charge on any atom is 0.274 e. The molecule has 3 aliphatic rings. The van der Waals surface area contributed by atoms with Crippen molar-refractivity contribution in [3.63, 3.8) is 0 Å². The number of nitrogens with zero attached hydrogens (tertiary/aromatic N) is 5. The quantitative estimate of drug-likeness (QED) is 0.844. The van der Waals surface area contributed by atoms with E-state index < -0.39 is 0 Å². The number of likely N-dealkylation sites (tertiary alicyclic amines) is 2. The first kappa shape index (κ1) is 14.9. The maximum atomic E-state index is 12.4. The van der Waals surface area contributed by atoms with Crippen molar-refractivity contribution in [1.82, 2.24) is 19.8 Å². The highest BCUT2D eigenvalue weighted by Gasteiger charge is 2.33. The van der Waals surface area contributed by atoms with Crippen molar-refractivity contribution in [2.24, 2.45) is 0 Å². The summed E-state index contributed by atoms with van der Waals surface area (Å²) in [7, 11) is 0. The Bertz CT molecular complexity index is 560. The van der Waals surface area contributed by atoms with Crippen LogP contribution in [-0.2, 0) is 0 Å². The van der Waals surface area contributed by atoms with Gasteiger partial charge in [0, 0.05) is 32.2 Å². The van der Waals surface area contributed by atoms with E-state index in [9.17, 15) is 4.79 Å². The van der Waals surface area contributed by atoms with E-state index in [2.05, 4.69) is 19.8 Å². The van der Waals surface area contributed by atoms with E-state index in [1.54, 1.807) is 12.4 Å². The number of piperidine rings is 1. The molecule has 0 N–H and O–H groups in total. The van der Waals surface area contributed by atoms with Crippen molar-refractivity contribution in [2.75, 3.05) is 44.2 Å². The molecule has 0 aliphatic carbocycles. The van der Waals surface area contributed by atoms with Crippen molar-refractivity contribution in [1.29, 1.82) is 0 Å². The Morgan fingerprint density at radius 3 is 2.39 bits per heavy atom. The van der Waals surface area contributed by atoms with E-state index >= 15 is 0 Å². The van der Waals surface area contributed by atoms with Gasteiger partial charge in [-0.2, -0.15) is 0 Å². The minimum absolute atomic E-state index is 0.0324. The van der Waals surface area contributed by atoms with Crippen molar-refractivity contribution in [3.8, 4) is 0 Å². The van der Waals surface area contributed by atoms with E-state index in [4.69, 9.17) is 0 Å². The maximum absolute atomic E-state index is 12.4.